The number of carboxylic acids is 1. The van der Waals surface area contributed by atoms with Crippen LogP contribution in [-0.4, -0.2) is 34.8 Å². The third kappa shape index (κ3) is 6.74. The van der Waals surface area contributed by atoms with Crippen molar-refractivity contribution in [2.75, 3.05) is 0 Å². The molecule has 0 unspecified atom stereocenters. The lowest BCUT2D eigenvalue weighted by molar-refractivity contribution is -0.158. The first-order chi connectivity index (χ1) is 10.2. The molecule has 0 bridgehead atoms. The van der Waals surface area contributed by atoms with Crippen molar-refractivity contribution in [3.05, 3.63) is 30.3 Å². The number of aliphatic carboxylic acids is 1. The molecule has 0 aromatic heterocycles. The predicted octanol–water partition coefficient (Wildman–Crippen LogP) is 1.96. The summed E-state index contributed by atoms with van der Waals surface area (Å²) >= 11 is 0. The first-order valence-electron chi connectivity index (χ1n) is 6.65. The van der Waals surface area contributed by atoms with Crippen LogP contribution in [0.1, 0.15) is 27.2 Å². The number of hydrogen-bond acceptors (Lipinski definition) is 5. The highest BCUT2D eigenvalue weighted by molar-refractivity contribution is 5.85. The first kappa shape index (κ1) is 17.5. The lowest BCUT2D eigenvalue weighted by atomic mass is 10.1. The van der Waals surface area contributed by atoms with Gasteiger partial charge in [-0.2, -0.15) is 0 Å². The molecule has 0 aliphatic carbocycles. The van der Waals surface area contributed by atoms with Crippen LogP contribution in [0, 0.1) is 0 Å². The van der Waals surface area contributed by atoms with Crippen LogP contribution in [0.2, 0.25) is 0 Å². The Morgan fingerprint density at radius 2 is 1.77 bits per heavy atom. The van der Waals surface area contributed by atoms with Gasteiger partial charge in [-0.3, -0.25) is 4.79 Å². The van der Waals surface area contributed by atoms with Crippen LogP contribution in [0.3, 0.4) is 0 Å². The Bertz CT molecular complexity index is 535. The van der Waals surface area contributed by atoms with E-state index in [1.54, 1.807) is 51.1 Å². The van der Waals surface area contributed by atoms with E-state index < -0.39 is 36.1 Å². The van der Waals surface area contributed by atoms with Gasteiger partial charge in [0.25, 0.3) is 0 Å². The summed E-state index contributed by atoms with van der Waals surface area (Å²) in [6, 6.07) is 6.74. The molecular weight excluding hydrogens is 290 g/mol. The summed E-state index contributed by atoms with van der Waals surface area (Å²) in [7, 11) is 0. The van der Waals surface area contributed by atoms with Crippen LogP contribution in [0.15, 0.2) is 30.3 Å². The molecular formula is C15H19NO6. The van der Waals surface area contributed by atoms with Gasteiger partial charge in [-0.25, -0.2) is 9.59 Å². The van der Waals surface area contributed by atoms with Crippen molar-refractivity contribution >= 4 is 18.0 Å². The number of rotatable bonds is 5. The number of ether oxygens (including phenoxy) is 2. The van der Waals surface area contributed by atoms with E-state index in [0.29, 0.717) is 0 Å². The average molecular weight is 309 g/mol. The van der Waals surface area contributed by atoms with E-state index in [9.17, 15) is 14.4 Å². The molecule has 22 heavy (non-hydrogen) atoms. The number of benzene rings is 1. The van der Waals surface area contributed by atoms with Crippen LogP contribution in [0.5, 0.6) is 5.75 Å². The number of esters is 1. The molecule has 1 aromatic rings. The molecule has 1 rings (SSSR count). The molecule has 0 spiro atoms. The fourth-order valence-corrected chi connectivity index (χ4v) is 1.52. The molecule has 1 aromatic carbocycles. The third-order valence-corrected chi connectivity index (χ3v) is 2.33. The number of carbonyl (C=O) groups is 3. The van der Waals surface area contributed by atoms with E-state index >= 15 is 0 Å². The zero-order chi connectivity index (χ0) is 16.8. The van der Waals surface area contributed by atoms with E-state index in [-0.39, 0.29) is 5.75 Å². The molecule has 0 heterocycles. The third-order valence-electron chi connectivity index (χ3n) is 2.33. The van der Waals surface area contributed by atoms with Crippen molar-refractivity contribution in [3.8, 4) is 5.75 Å². The first-order valence-corrected chi connectivity index (χ1v) is 6.65. The average Bonchev–Trinajstić information content (AvgIpc) is 2.36. The number of carbonyl (C=O) groups excluding carboxylic acids is 2. The van der Waals surface area contributed by atoms with E-state index in [0.717, 1.165) is 0 Å². The lowest BCUT2D eigenvalue weighted by Crippen LogP contribution is -2.44. The van der Waals surface area contributed by atoms with Crippen LogP contribution in [-0.2, 0) is 14.3 Å². The fraction of sp³-hybridized carbons (Fsp3) is 0.400. The monoisotopic (exact) mass is 309 g/mol. The molecule has 0 aliphatic rings. The maximum Gasteiger partial charge on any atom is 0.413 e. The highest BCUT2D eigenvalue weighted by Gasteiger charge is 2.27. The molecule has 0 fully saturated rings. The minimum Gasteiger partial charge on any atom is -0.480 e. The Morgan fingerprint density at radius 1 is 1.18 bits per heavy atom. The van der Waals surface area contributed by atoms with Crippen LogP contribution in [0.4, 0.5) is 4.79 Å². The molecule has 2 N–H and O–H groups in total. The van der Waals surface area contributed by atoms with Gasteiger partial charge in [0.2, 0.25) is 0 Å². The summed E-state index contributed by atoms with van der Waals surface area (Å²) in [6.45, 7) is 4.99. The standard InChI is InChI=1S/C15H19NO6/c1-15(2,3)22-12(17)9-11(13(18)19)16-14(20)21-10-7-5-4-6-8-10/h4-8,11H,9H2,1-3H3,(H,16,20)(H,18,19)/t11-/m0/s1. The summed E-state index contributed by atoms with van der Waals surface area (Å²) in [5.74, 6) is -1.81. The van der Waals surface area contributed by atoms with Gasteiger partial charge in [0, 0.05) is 0 Å². The number of hydrogen-bond donors (Lipinski definition) is 2. The summed E-state index contributed by atoms with van der Waals surface area (Å²) in [5, 5.41) is 11.2. The van der Waals surface area contributed by atoms with Crippen molar-refractivity contribution < 1.29 is 29.0 Å². The molecule has 7 heteroatoms. The molecule has 1 amide bonds. The van der Waals surface area contributed by atoms with E-state index in [4.69, 9.17) is 14.6 Å². The van der Waals surface area contributed by atoms with E-state index in [2.05, 4.69) is 5.32 Å². The Morgan fingerprint density at radius 3 is 2.27 bits per heavy atom. The summed E-state index contributed by atoms with van der Waals surface area (Å²) < 4.78 is 9.94. The van der Waals surface area contributed by atoms with Crippen molar-refractivity contribution in [1.29, 1.82) is 0 Å². The summed E-state index contributed by atoms with van der Waals surface area (Å²) in [6.07, 6.45) is -1.45. The molecule has 0 saturated carbocycles. The maximum atomic E-state index is 11.6. The van der Waals surface area contributed by atoms with E-state index in [1.807, 2.05) is 0 Å². The number of para-hydroxylation sites is 1. The van der Waals surface area contributed by atoms with Gasteiger partial charge in [0.1, 0.15) is 17.4 Å². The maximum absolute atomic E-state index is 11.6. The molecule has 0 aliphatic heterocycles. The largest absolute Gasteiger partial charge is 0.480 e. The second-order valence-electron chi connectivity index (χ2n) is 5.53. The topological polar surface area (TPSA) is 102 Å². The van der Waals surface area contributed by atoms with E-state index in [1.165, 1.54) is 0 Å². The van der Waals surface area contributed by atoms with Gasteiger partial charge in [0.05, 0.1) is 6.42 Å². The SMILES string of the molecule is CC(C)(C)OC(=O)C[C@H](NC(=O)Oc1ccccc1)C(=O)O. The Hall–Kier alpha value is -2.57. The Kier molecular flexibility index (Phi) is 5.91. The Labute approximate surface area is 128 Å². The normalized spacial score (nSPS) is 12.1. The summed E-state index contributed by atoms with van der Waals surface area (Å²) in [5.41, 5.74) is -0.731. The molecule has 120 valence electrons. The van der Waals surface area contributed by atoms with Crippen LogP contribution in [0.25, 0.3) is 0 Å². The number of carboxylic acid groups (broad SMARTS) is 1. The zero-order valence-corrected chi connectivity index (χ0v) is 12.7. The highest BCUT2D eigenvalue weighted by Crippen LogP contribution is 2.11. The zero-order valence-electron chi connectivity index (χ0n) is 12.7. The van der Waals surface area contributed by atoms with Crippen molar-refractivity contribution in [2.24, 2.45) is 0 Å². The molecule has 0 radical (unpaired) electrons. The fourth-order valence-electron chi connectivity index (χ4n) is 1.52. The predicted molar refractivity (Wildman–Crippen MR) is 77.5 cm³/mol. The van der Waals surface area contributed by atoms with Crippen molar-refractivity contribution in [2.45, 2.75) is 38.8 Å². The van der Waals surface area contributed by atoms with Crippen LogP contribution >= 0.6 is 0 Å². The van der Waals surface area contributed by atoms with Gasteiger partial charge in [-0.1, -0.05) is 18.2 Å². The van der Waals surface area contributed by atoms with Gasteiger partial charge < -0.3 is 19.9 Å². The second-order valence-corrected chi connectivity index (χ2v) is 5.53. The Balaban J connectivity index is 2.59. The number of nitrogens with one attached hydrogen (secondary N) is 1. The second kappa shape index (κ2) is 7.44. The van der Waals surface area contributed by atoms with Crippen molar-refractivity contribution in [1.82, 2.24) is 5.32 Å². The van der Waals surface area contributed by atoms with Gasteiger partial charge in [-0.15, -0.1) is 0 Å². The molecule has 7 nitrogen and oxygen atoms in total. The smallest absolute Gasteiger partial charge is 0.413 e. The van der Waals surface area contributed by atoms with Crippen molar-refractivity contribution in [3.63, 3.8) is 0 Å². The minimum absolute atomic E-state index is 0.265. The highest BCUT2D eigenvalue weighted by atomic mass is 16.6. The van der Waals surface area contributed by atoms with Gasteiger partial charge in [-0.05, 0) is 32.9 Å². The minimum atomic E-state index is -1.42. The quantitative estimate of drug-likeness (QED) is 0.806. The van der Waals surface area contributed by atoms with Crippen LogP contribution < -0.4 is 10.1 Å². The summed E-state index contributed by atoms with van der Waals surface area (Å²) in [4.78, 5) is 34.4. The van der Waals surface area contributed by atoms with Gasteiger partial charge >= 0.3 is 18.0 Å². The molecule has 0 saturated heterocycles. The number of amides is 1. The van der Waals surface area contributed by atoms with Gasteiger partial charge in [0.15, 0.2) is 0 Å². The molecule has 1 atom stereocenters. The lowest BCUT2D eigenvalue weighted by Gasteiger charge is -2.21.